The summed E-state index contributed by atoms with van der Waals surface area (Å²) in [6.45, 7) is 8.77. The molecule has 0 bridgehead atoms. The van der Waals surface area contributed by atoms with Gasteiger partial charge in [0.1, 0.15) is 0 Å². The Kier molecular flexibility index (Phi) is 6.11. The van der Waals surface area contributed by atoms with E-state index in [1.807, 2.05) is 25.1 Å². The molecule has 0 aliphatic carbocycles. The Bertz CT molecular complexity index is 904. The first-order valence-electron chi connectivity index (χ1n) is 9.20. The average molecular weight is 380 g/mol. The molecule has 1 amide bonds. The zero-order chi connectivity index (χ0) is 19.4. The molecule has 1 fully saturated rings. The zero-order valence-corrected chi connectivity index (χ0v) is 17.1. The number of hydrogen-bond acceptors (Lipinski definition) is 4. The summed E-state index contributed by atoms with van der Waals surface area (Å²) < 4.78 is 0. The fourth-order valence-electron chi connectivity index (χ4n) is 3.06. The van der Waals surface area contributed by atoms with Crippen LogP contribution in [-0.2, 0) is 11.3 Å². The number of carbonyl (C=O) groups excluding carboxylic acids is 1. The Labute approximate surface area is 165 Å². The van der Waals surface area contributed by atoms with Crippen LogP contribution in [0.5, 0.6) is 0 Å². The molecule has 1 heterocycles. The van der Waals surface area contributed by atoms with Crippen molar-refractivity contribution in [1.29, 1.82) is 0 Å². The van der Waals surface area contributed by atoms with Gasteiger partial charge in [-0.15, -0.1) is 5.10 Å². The van der Waals surface area contributed by atoms with E-state index in [4.69, 9.17) is 0 Å². The topological polar surface area (TPSA) is 45.0 Å². The van der Waals surface area contributed by atoms with Crippen molar-refractivity contribution in [2.24, 2.45) is 10.2 Å². The molecule has 1 aliphatic rings. The van der Waals surface area contributed by atoms with Crippen LogP contribution in [0.15, 0.2) is 52.7 Å². The largest absolute Gasteiger partial charge is 0.284 e. The molecule has 3 rings (SSSR count). The summed E-state index contributed by atoms with van der Waals surface area (Å²) in [5.74, 6) is 0.117. The van der Waals surface area contributed by atoms with Gasteiger partial charge in [-0.2, -0.15) is 5.10 Å². The van der Waals surface area contributed by atoms with Gasteiger partial charge in [0.15, 0.2) is 5.17 Å². The molecule has 1 aliphatic heterocycles. The van der Waals surface area contributed by atoms with E-state index >= 15 is 0 Å². The summed E-state index contributed by atoms with van der Waals surface area (Å²) in [6, 6.07) is 14.4. The molecule has 0 spiro atoms. The van der Waals surface area contributed by atoms with Crippen molar-refractivity contribution >= 4 is 29.1 Å². The Morgan fingerprint density at radius 1 is 1.11 bits per heavy atom. The van der Waals surface area contributed by atoms with Crippen LogP contribution < -0.4 is 0 Å². The molecule has 2 aromatic carbocycles. The molecule has 5 heteroatoms. The predicted octanol–water partition coefficient (Wildman–Crippen LogP) is 4.86. The van der Waals surface area contributed by atoms with Gasteiger partial charge >= 0.3 is 0 Å². The predicted molar refractivity (Wildman–Crippen MR) is 114 cm³/mol. The van der Waals surface area contributed by atoms with E-state index in [-0.39, 0.29) is 11.2 Å². The van der Waals surface area contributed by atoms with Crippen LogP contribution in [0.2, 0.25) is 0 Å². The van der Waals surface area contributed by atoms with Crippen LogP contribution in [0.3, 0.4) is 0 Å². The molecule has 0 N–H and O–H groups in total. The second-order valence-electron chi connectivity index (χ2n) is 6.85. The maximum atomic E-state index is 12.8. The van der Waals surface area contributed by atoms with Crippen molar-refractivity contribution in [1.82, 2.24) is 4.90 Å². The van der Waals surface area contributed by atoms with E-state index in [0.717, 1.165) is 23.1 Å². The summed E-state index contributed by atoms with van der Waals surface area (Å²) in [4.78, 5) is 14.5. The minimum absolute atomic E-state index is 0.0796. The molecular weight excluding hydrogens is 354 g/mol. The SMILES string of the molecule is CC[C@H]1S/C(=N\N=C/c2ccc(C)cc2C)N(Cc2ccccc2C)C1=O. The second kappa shape index (κ2) is 8.53. The quantitative estimate of drug-likeness (QED) is 0.550. The Morgan fingerprint density at radius 2 is 1.89 bits per heavy atom. The lowest BCUT2D eigenvalue weighted by Crippen LogP contribution is -2.31. The van der Waals surface area contributed by atoms with E-state index in [1.165, 1.54) is 22.9 Å². The first-order valence-corrected chi connectivity index (χ1v) is 10.1. The molecule has 0 unspecified atom stereocenters. The number of nitrogens with zero attached hydrogens (tertiary/aromatic N) is 3. The highest BCUT2D eigenvalue weighted by atomic mass is 32.2. The van der Waals surface area contributed by atoms with E-state index in [0.29, 0.717) is 11.7 Å². The number of amides is 1. The number of thioether (sulfide) groups is 1. The average Bonchev–Trinajstić information content (AvgIpc) is 2.94. The molecule has 0 aromatic heterocycles. The van der Waals surface area contributed by atoms with Crippen molar-refractivity contribution in [3.05, 3.63) is 70.3 Å². The molecular formula is C22H25N3OS. The molecule has 0 saturated carbocycles. The molecule has 1 saturated heterocycles. The van der Waals surface area contributed by atoms with Crippen LogP contribution in [0, 0.1) is 20.8 Å². The first-order chi connectivity index (χ1) is 13.0. The normalized spacial score (nSPS) is 18.8. The Balaban J connectivity index is 1.84. The third-order valence-electron chi connectivity index (χ3n) is 4.75. The fourth-order valence-corrected chi connectivity index (χ4v) is 4.08. The fraction of sp³-hybridized carbons (Fsp3) is 0.318. The lowest BCUT2D eigenvalue weighted by Gasteiger charge is -2.17. The van der Waals surface area contributed by atoms with Crippen LogP contribution in [-0.4, -0.2) is 27.4 Å². The van der Waals surface area contributed by atoms with E-state index < -0.39 is 0 Å². The van der Waals surface area contributed by atoms with Crippen molar-refractivity contribution < 1.29 is 4.79 Å². The molecule has 27 heavy (non-hydrogen) atoms. The third-order valence-corrected chi connectivity index (χ3v) is 6.08. The summed E-state index contributed by atoms with van der Waals surface area (Å²) in [6.07, 6.45) is 2.55. The Hall–Kier alpha value is -2.40. The van der Waals surface area contributed by atoms with Gasteiger partial charge in [-0.1, -0.05) is 66.7 Å². The highest BCUT2D eigenvalue weighted by Gasteiger charge is 2.37. The van der Waals surface area contributed by atoms with Gasteiger partial charge in [-0.3, -0.25) is 9.69 Å². The van der Waals surface area contributed by atoms with E-state index in [1.54, 1.807) is 11.1 Å². The smallest absolute Gasteiger partial charge is 0.242 e. The van der Waals surface area contributed by atoms with Gasteiger partial charge in [0.2, 0.25) is 5.91 Å². The minimum Gasteiger partial charge on any atom is -0.284 e. The maximum Gasteiger partial charge on any atom is 0.242 e. The molecule has 2 aromatic rings. The van der Waals surface area contributed by atoms with Gasteiger partial charge < -0.3 is 0 Å². The highest BCUT2D eigenvalue weighted by Crippen LogP contribution is 2.31. The lowest BCUT2D eigenvalue weighted by atomic mass is 10.1. The molecule has 4 nitrogen and oxygen atoms in total. The first kappa shape index (κ1) is 19.4. The van der Waals surface area contributed by atoms with Crippen LogP contribution in [0.25, 0.3) is 0 Å². The van der Waals surface area contributed by atoms with Crippen molar-refractivity contribution in [2.45, 2.75) is 45.9 Å². The van der Waals surface area contributed by atoms with Crippen molar-refractivity contribution in [3.8, 4) is 0 Å². The number of rotatable bonds is 5. The maximum absolute atomic E-state index is 12.8. The number of hydrogen-bond donors (Lipinski definition) is 0. The summed E-state index contributed by atoms with van der Waals surface area (Å²) in [5, 5.41) is 9.27. The minimum atomic E-state index is -0.0796. The van der Waals surface area contributed by atoms with Crippen LogP contribution in [0.1, 0.15) is 41.2 Å². The lowest BCUT2D eigenvalue weighted by molar-refractivity contribution is -0.126. The number of amidine groups is 1. The van der Waals surface area contributed by atoms with Gasteiger partial charge in [0.05, 0.1) is 18.0 Å². The Morgan fingerprint density at radius 3 is 2.59 bits per heavy atom. The summed E-state index contributed by atoms with van der Waals surface area (Å²) in [7, 11) is 0. The van der Waals surface area contributed by atoms with Gasteiger partial charge in [0.25, 0.3) is 0 Å². The summed E-state index contributed by atoms with van der Waals surface area (Å²) >= 11 is 1.51. The van der Waals surface area contributed by atoms with E-state index in [9.17, 15) is 4.79 Å². The number of aryl methyl sites for hydroxylation is 3. The van der Waals surface area contributed by atoms with Gasteiger partial charge in [0, 0.05) is 0 Å². The zero-order valence-electron chi connectivity index (χ0n) is 16.3. The third kappa shape index (κ3) is 4.48. The van der Waals surface area contributed by atoms with Crippen molar-refractivity contribution in [3.63, 3.8) is 0 Å². The number of carbonyl (C=O) groups is 1. The highest BCUT2D eigenvalue weighted by molar-refractivity contribution is 8.15. The molecule has 140 valence electrons. The number of benzene rings is 2. The van der Waals surface area contributed by atoms with Crippen LogP contribution in [0.4, 0.5) is 0 Å². The second-order valence-corrected chi connectivity index (χ2v) is 8.02. The monoisotopic (exact) mass is 379 g/mol. The summed E-state index contributed by atoms with van der Waals surface area (Å²) in [5.41, 5.74) is 5.74. The molecule has 1 atom stereocenters. The van der Waals surface area contributed by atoms with Gasteiger partial charge in [-0.05, 0) is 49.4 Å². The van der Waals surface area contributed by atoms with E-state index in [2.05, 4.69) is 55.2 Å². The van der Waals surface area contributed by atoms with Gasteiger partial charge in [-0.25, -0.2) is 0 Å². The molecule has 0 radical (unpaired) electrons. The standard InChI is InChI=1S/C22H25N3OS/c1-5-20-21(26)25(14-19-9-7-6-8-16(19)3)22(27-20)24-23-13-18-11-10-15(2)12-17(18)4/h6-13,20H,5,14H2,1-4H3/b23-13-,24-22-/t20-/m1/s1. The van der Waals surface area contributed by atoms with Crippen LogP contribution >= 0.6 is 11.8 Å². The van der Waals surface area contributed by atoms with Crippen molar-refractivity contribution in [2.75, 3.05) is 0 Å².